The lowest BCUT2D eigenvalue weighted by Gasteiger charge is -2.19. The SMILES string of the molecule is CC(Cc1ccccc1)C1=CC(=O)CCC1. The first kappa shape index (κ1) is 11.1. The van der Waals surface area contributed by atoms with Gasteiger partial charge in [-0.3, -0.25) is 4.79 Å². The lowest BCUT2D eigenvalue weighted by Crippen LogP contribution is -2.10. The van der Waals surface area contributed by atoms with E-state index >= 15 is 0 Å². The molecule has 0 N–H and O–H groups in total. The second kappa shape index (κ2) is 5.11. The fourth-order valence-corrected chi connectivity index (χ4v) is 2.31. The number of carbonyl (C=O) groups is 1. The van der Waals surface area contributed by atoms with Crippen molar-refractivity contribution in [3.05, 3.63) is 47.5 Å². The van der Waals surface area contributed by atoms with Gasteiger partial charge in [0, 0.05) is 6.42 Å². The molecule has 1 aromatic carbocycles. The Kier molecular flexibility index (Phi) is 3.55. The van der Waals surface area contributed by atoms with Crippen LogP contribution in [-0.4, -0.2) is 5.78 Å². The van der Waals surface area contributed by atoms with Crippen molar-refractivity contribution in [3.8, 4) is 0 Å². The van der Waals surface area contributed by atoms with E-state index in [9.17, 15) is 4.79 Å². The minimum atomic E-state index is 0.307. The molecule has 1 nitrogen and oxygen atoms in total. The third-order valence-corrected chi connectivity index (χ3v) is 3.25. The van der Waals surface area contributed by atoms with Gasteiger partial charge >= 0.3 is 0 Å². The Morgan fingerprint density at radius 2 is 1.94 bits per heavy atom. The van der Waals surface area contributed by atoms with Crippen molar-refractivity contribution in [1.29, 1.82) is 0 Å². The molecule has 2 rings (SSSR count). The van der Waals surface area contributed by atoms with Gasteiger partial charge < -0.3 is 0 Å². The second-order valence-electron chi connectivity index (χ2n) is 4.63. The van der Waals surface area contributed by atoms with Crippen molar-refractivity contribution in [2.75, 3.05) is 0 Å². The van der Waals surface area contributed by atoms with Crippen LogP contribution in [0.25, 0.3) is 0 Å². The maximum atomic E-state index is 11.4. The summed E-state index contributed by atoms with van der Waals surface area (Å²) in [6.45, 7) is 2.22. The maximum absolute atomic E-state index is 11.4. The molecule has 0 saturated heterocycles. The van der Waals surface area contributed by atoms with E-state index in [4.69, 9.17) is 0 Å². The quantitative estimate of drug-likeness (QED) is 0.752. The molecule has 1 aromatic rings. The minimum absolute atomic E-state index is 0.307. The second-order valence-corrected chi connectivity index (χ2v) is 4.63. The van der Waals surface area contributed by atoms with Crippen molar-refractivity contribution < 1.29 is 4.79 Å². The largest absolute Gasteiger partial charge is 0.295 e. The first-order valence-corrected chi connectivity index (χ1v) is 6.03. The number of carbonyl (C=O) groups excluding carboxylic acids is 1. The highest BCUT2D eigenvalue weighted by molar-refractivity contribution is 5.91. The van der Waals surface area contributed by atoms with Crippen LogP contribution < -0.4 is 0 Å². The summed E-state index contributed by atoms with van der Waals surface area (Å²) in [6, 6.07) is 10.5. The van der Waals surface area contributed by atoms with Crippen LogP contribution in [0.2, 0.25) is 0 Å². The standard InChI is InChI=1S/C15H18O/c1-12(10-13-6-3-2-4-7-13)14-8-5-9-15(16)11-14/h2-4,6-7,11-12H,5,8-10H2,1H3. The Hall–Kier alpha value is -1.37. The van der Waals surface area contributed by atoms with Crippen molar-refractivity contribution in [3.63, 3.8) is 0 Å². The fourth-order valence-electron chi connectivity index (χ4n) is 2.31. The molecule has 1 aliphatic rings. The molecule has 1 heteroatoms. The molecule has 84 valence electrons. The normalized spacial score (nSPS) is 18.1. The lowest BCUT2D eigenvalue weighted by molar-refractivity contribution is -0.115. The molecule has 0 heterocycles. The number of hydrogen-bond donors (Lipinski definition) is 0. The summed E-state index contributed by atoms with van der Waals surface area (Å²) in [5.41, 5.74) is 2.69. The molecular weight excluding hydrogens is 196 g/mol. The van der Waals surface area contributed by atoms with Crippen LogP contribution in [0.3, 0.4) is 0 Å². The van der Waals surface area contributed by atoms with E-state index in [0.29, 0.717) is 11.7 Å². The molecule has 0 radical (unpaired) electrons. The first-order chi connectivity index (χ1) is 7.75. The highest BCUT2D eigenvalue weighted by Crippen LogP contribution is 2.25. The van der Waals surface area contributed by atoms with Crippen LogP contribution in [0, 0.1) is 5.92 Å². The van der Waals surface area contributed by atoms with Gasteiger partial charge in [0.05, 0.1) is 0 Å². The van der Waals surface area contributed by atoms with Gasteiger partial charge in [-0.15, -0.1) is 0 Å². The van der Waals surface area contributed by atoms with Crippen molar-refractivity contribution in [2.45, 2.75) is 32.6 Å². The number of benzene rings is 1. The smallest absolute Gasteiger partial charge is 0.155 e. The number of ketones is 1. The molecule has 0 spiro atoms. The highest BCUT2D eigenvalue weighted by atomic mass is 16.1. The van der Waals surface area contributed by atoms with Gasteiger partial charge in [0.25, 0.3) is 0 Å². The Labute approximate surface area is 97.2 Å². The average Bonchev–Trinajstić information content (AvgIpc) is 2.30. The van der Waals surface area contributed by atoms with Crippen LogP contribution in [0.5, 0.6) is 0 Å². The van der Waals surface area contributed by atoms with Gasteiger partial charge in [0.15, 0.2) is 5.78 Å². The fraction of sp³-hybridized carbons (Fsp3) is 0.400. The molecular formula is C15H18O. The Balaban J connectivity index is 2.03. The van der Waals surface area contributed by atoms with Gasteiger partial charge in [-0.25, -0.2) is 0 Å². The molecule has 1 unspecified atom stereocenters. The highest BCUT2D eigenvalue weighted by Gasteiger charge is 2.15. The van der Waals surface area contributed by atoms with E-state index in [1.165, 1.54) is 11.1 Å². The van der Waals surface area contributed by atoms with E-state index < -0.39 is 0 Å². The molecule has 0 amide bonds. The van der Waals surface area contributed by atoms with Crippen LogP contribution in [0.15, 0.2) is 42.0 Å². The summed E-state index contributed by atoms with van der Waals surface area (Å²) in [4.78, 5) is 11.4. The summed E-state index contributed by atoms with van der Waals surface area (Å²) in [6.07, 6.45) is 5.78. The summed E-state index contributed by atoms with van der Waals surface area (Å²) < 4.78 is 0. The third kappa shape index (κ3) is 2.82. The monoisotopic (exact) mass is 214 g/mol. The summed E-state index contributed by atoms with van der Waals surface area (Å²) in [7, 11) is 0. The predicted molar refractivity (Wildman–Crippen MR) is 66.3 cm³/mol. The zero-order valence-electron chi connectivity index (χ0n) is 9.78. The summed E-state index contributed by atoms with van der Waals surface area (Å²) in [5.74, 6) is 0.799. The zero-order chi connectivity index (χ0) is 11.4. The zero-order valence-corrected chi connectivity index (χ0v) is 9.78. The van der Waals surface area contributed by atoms with Crippen LogP contribution in [0.4, 0.5) is 0 Å². The van der Waals surface area contributed by atoms with Crippen LogP contribution in [0.1, 0.15) is 31.7 Å². The van der Waals surface area contributed by atoms with E-state index in [1.807, 2.05) is 12.1 Å². The molecule has 0 aliphatic heterocycles. The van der Waals surface area contributed by atoms with Crippen LogP contribution >= 0.6 is 0 Å². The molecule has 16 heavy (non-hydrogen) atoms. The third-order valence-electron chi connectivity index (χ3n) is 3.25. The molecule has 0 bridgehead atoms. The molecule has 1 aliphatic carbocycles. The van der Waals surface area contributed by atoms with E-state index in [-0.39, 0.29) is 0 Å². The molecule has 1 atom stereocenters. The van der Waals surface area contributed by atoms with Crippen LogP contribution in [-0.2, 0) is 11.2 Å². The predicted octanol–water partition coefficient (Wildman–Crippen LogP) is 3.54. The topological polar surface area (TPSA) is 17.1 Å². The molecule has 0 saturated carbocycles. The van der Waals surface area contributed by atoms with Gasteiger partial charge in [0.2, 0.25) is 0 Å². The molecule has 0 aromatic heterocycles. The van der Waals surface area contributed by atoms with Gasteiger partial charge in [-0.05, 0) is 36.8 Å². The van der Waals surface area contributed by atoms with E-state index in [1.54, 1.807) is 0 Å². The number of allylic oxidation sites excluding steroid dienone is 2. The summed E-state index contributed by atoms with van der Waals surface area (Å²) in [5, 5.41) is 0. The minimum Gasteiger partial charge on any atom is -0.295 e. The Morgan fingerprint density at radius 1 is 1.19 bits per heavy atom. The first-order valence-electron chi connectivity index (χ1n) is 6.03. The maximum Gasteiger partial charge on any atom is 0.155 e. The lowest BCUT2D eigenvalue weighted by atomic mass is 9.86. The Morgan fingerprint density at radius 3 is 2.62 bits per heavy atom. The van der Waals surface area contributed by atoms with Gasteiger partial charge in [0.1, 0.15) is 0 Å². The summed E-state index contributed by atoms with van der Waals surface area (Å²) >= 11 is 0. The van der Waals surface area contributed by atoms with Gasteiger partial charge in [-0.2, -0.15) is 0 Å². The van der Waals surface area contributed by atoms with E-state index in [2.05, 4.69) is 31.2 Å². The average molecular weight is 214 g/mol. The van der Waals surface area contributed by atoms with Crippen molar-refractivity contribution in [2.24, 2.45) is 5.92 Å². The van der Waals surface area contributed by atoms with E-state index in [0.717, 1.165) is 25.7 Å². The van der Waals surface area contributed by atoms with Gasteiger partial charge in [-0.1, -0.05) is 42.8 Å². The Bertz CT molecular complexity index is 389. The molecule has 0 fully saturated rings. The van der Waals surface area contributed by atoms with Crippen molar-refractivity contribution >= 4 is 5.78 Å². The van der Waals surface area contributed by atoms with Crippen molar-refractivity contribution in [1.82, 2.24) is 0 Å². The number of hydrogen-bond acceptors (Lipinski definition) is 1. The number of rotatable bonds is 3.